The Balaban J connectivity index is 0.00000220. The summed E-state index contributed by atoms with van der Waals surface area (Å²) in [5, 5.41) is 0. The van der Waals surface area contributed by atoms with E-state index in [1.54, 1.807) is 6.92 Å². The number of nitrogens with zero attached hydrogens (tertiary/aromatic N) is 1. The molecule has 2 N–H and O–H groups in total. The van der Waals surface area contributed by atoms with E-state index in [1.807, 2.05) is 6.92 Å². The minimum absolute atomic E-state index is 0. The molecule has 0 radical (unpaired) electrons. The van der Waals surface area contributed by atoms with Crippen molar-refractivity contribution >= 4 is 22.4 Å². The van der Waals surface area contributed by atoms with Gasteiger partial charge in [-0.25, -0.2) is 12.8 Å². The molecule has 0 bridgehead atoms. The fourth-order valence-corrected chi connectivity index (χ4v) is 4.41. The van der Waals surface area contributed by atoms with Crippen molar-refractivity contribution in [1.82, 2.24) is 4.31 Å². The number of hydrogen-bond acceptors (Lipinski definition) is 3. The largest absolute Gasteiger partial charge is 0.326 e. The molecule has 0 spiro atoms. The molecule has 1 saturated heterocycles. The highest BCUT2D eigenvalue weighted by atomic mass is 35.5. The molecule has 1 aliphatic heterocycles. The van der Waals surface area contributed by atoms with Crippen molar-refractivity contribution in [3.8, 4) is 0 Å². The van der Waals surface area contributed by atoms with Gasteiger partial charge < -0.3 is 5.73 Å². The van der Waals surface area contributed by atoms with Crippen LogP contribution < -0.4 is 5.73 Å². The zero-order chi connectivity index (χ0) is 14.9. The van der Waals surface area contributed by atoms with Crippen LogP contribution in [0.5, 0.6) is 0 Å². The molecule has 2 rings (SSSR count). The summed E-state index contributed by atoms with van der Waals surface area (Å²) in [6.45, 7) is 3.87. The van der Waals surface area contributed by atoms with Crippen molar-refractivity contribution < 1.29 is 12.8 Å². The highest BCUT2D eigenvalue weighted by Gasteiger charge is 2.35. The van der Waals surface area contributed by atoms with Crippen molar-refractivity contribution in [2.24, 2.45) is 5.73 Å². The fraction of sp³-hybridized carbons (Fsp3) is 0.571. The van der Waals surface area contributed by atoms with Gasteiger partial charge in [-0.1, -0.05) is 12.5 Å². The topological polar surface area (TPSA) is 63.4 Å². The Hall–Kier alpha value is -0.690. The Labute approximate surface area is 132 Å². The second kappa shape index (κ2) is 7.05. The number of aryl methyl sites for hydroxylation is 1. The first kappa shape index (κ1) is 18.4. The molecule has 120 valence electrons. The van der Waals surface area contributed by atoms with Crippen LogP contribution in [0.25, 0.3) is 0 Å². The maximum absolute atomic E-state index is 13.6. The zero-order valence-corrected chi connectivity index (χ0v) is 13.9. The van der Waals surface area contributed by atoms with Gasteiger partial charge in [0.25, 0.3) is 0 Å². The Bertz CT molecular complexity index is 593. The predicted molar refractivity (Wildman–Crippen MR) is 83.6 cm³/mol. The van der Waals surface area contributed by atoms with Gasteiger partial charge in [-0.2, -0.15) is 4.31 Å². The van der Waals surface area contributed by atoms with E-state index in [9.17, 15) is 12.8 Å². The predicted octanol–water partition coefficient (Wildman–Crippen LogP) is 2.45. The lowest BCUT2D eigenvalue weighted by molar-refractivity contribution is 0.227. The molecule has 1 fully saturated rings. The van der Waals surface area contributed by atoms with E-state index < -0.39 is 15.8 Å². The van der Waals surface area contributed by atoms with Crippen molar-refractivity contribution in [2.45, 2.75) is 50.1 Å². The highest BCUT2D eigenvalue weighted by Crippen LogP contribution is 2.27. The SMILES string of the molecule is Cc1ccc(S(=O)(=O)N2CCCCC2C(C)N)cc1F.Cl. The molecule has 2 atom stereocenters. The standard InChI is InChI=1S/C14H21FN2O2S.ClH/c1-10-6-7-12(9-13(10)15)20(18,19)17-8-4-3-5-14(17)11(2)16;/h6-7,9,11,14H,3-5,8,16H2,1-2H3;1H. The van der Waals surface area contributed by atoms with Crippen molar-refractivity contribution in [3.05, 3.63) is 29.6 Å². The van der Waals surface area contributed by atoms with E-state index in [-0.39, 0.29) is 29.4 Å². The third-order valence-electron chi connectivity index (χ3n) is 3.86. The molecule has 0 aliphatic carbocycles. The van der Waals surface area contributed by atoms with Crippen LogP contribution in [0.4, 0.5) is 4.39 Å². The van der Waals surface area contributed by atoms with Crippen LogP contribution in [-0.2, 0) is 10.0 Å². The summed E-state index contributed by atoms with van der Waals surface area (Å²) in [5.41, 5.74) is 6.34. The summed E-state index contributed by atoms with van der Waals surface area (Å²) in [6, 6.07) is 3.60. The lowest BCUT2D eigenvalue weighted by Crippen LogP contribution is -2.51. The van der Waals surface area contributed by atoms with E-state index in [2.05, 4.69) is 0 Å². The molecule has 0 aromatic heterocycles. The van der Waals surface area contributed by atoms with E-state index in [1.165, 1.54) is 16.4 Å². The second-order valence-corrected chi connectivity index (χ2v) is 7.34. The van der Waals surface area contributed by atoms with Gasteiger partial charge in [0.1, 0.15) is 5.82 Å². The Kier molecular flexibility index (Phi) is 6.16. The lowest BCUT2D eigenvalue weighted by atomic mass is 10.00. The minimum Gasteiger partial charge on any atom is -0.326 e. The Morgan fingerprint density at radius 3 is 2.62 bits per heavy atom. The first-order valence-corrected chi connectivity index (χ1v) is 8.31. The van der Waals surface area contributed by atoms with Gasteiger partial charge in [-0.15, -0.1) is 12.4 Å². The number of sulfonamides is 1. The Morgan fingerprint density at radius 2 is 2.05 bits per heavy atom. The van der Waals surface area contributed by atoms with Gasteiger partial charge in [0.05, 0.1) is 4.90 Å². The first-order valence-electron chi connectivity index (χ1n) is 6.87. The molecular weight excluding hydrogens is 315 g/mol. The second-order valence-electron chi connectivity index (χ2n) is 5.45. The van der Waals surface area contributed by atoms with E-state index in [4.69, 9.17) is 5.73 Å². The molecular formula is C14H22ClFN2O2S. The van der Waals surface area contributed by atoms with Crippen LogP contribution in [0.2, 0.25) is 0 Å². The summed E-state index contributed by atoms with van der Waals surface area (Å²) in [7, 11) is -3.68. The lowest BCUT2D eigenvalue weighted by Gasteiger charge is -2.36. The summed E-state index contributed by atoms with van der Waals surface area (Å²) in [5.74, 6) is -0.500. The van der Waals surface area contributed by atoms with Gasteiger partial charge >= 0.3 is 0 Å². The summed E-state index contributed by atoms with van der Waals surface area (Å²) >= 11 is 0. The summed E-state index contributed by atoms with van der Waals surface area (Å²) in [4.78, 5) is 0.00755. The van der Waals surface area contributed by atoms with E-state index >= 15 is 0 Å². The van der Waals surface area contributed by atoms with Crippen molar-refractivity contribution in [2.75, 3.05) is 6.54 Å². The number of benzene rings is 1. The Morgan fingerprint density at radius 1 is 1.38 bits per heavy atom. The maximum atomic E-state index is 13.6. The van der Waals surface area contributed by atoms with Crippen LogP contribution >= 0.6 is 12.4 Å². The number of nitrogens with two attached hydrogens (primary N) is 1. The van der Waals surface area contributed by atoms with E-state index in [0.29, 0.717) is 12.1 Å². The summed E-state index contributed by atoms with van der Waals surface area (Å²) in [6.07, 6.45) is 2.54. The molecule has 7 heteroatoms. The highest BCUT2D eigenvalue weighted by molar-refractivity contribution is 7.89. The smallest absolute Gasteiger partial charge is 0.243 e. The summed E-state index contributed by atoms with van der Waals surface area (Å²) < 4.78 is 40.4. The van der Waals surface area contributed by atoms with Crippen LogP contribution in [0.1, 0.15) is 31.7 Å². The third-order valence-corrected chi connectivity index (χ3v) is 5.78. The average Bonchev–Trinajstić information content (AvgIpc) is 2.41. The molecule has 4 nitrogen and oxygen atoms in total. The van der Waals surface area contributed by atoms with Gasteiger partial charge in [-0.05, 0) is 44.4 Å². The molecule has 1 aliphatic rings. The van der Waals surface area contributed by atoms with Crippen LogP contribution in [0.15, 0.2) is 23.1 Å². The van der Waals surface area contributed by atoms with Crippen LogP contribution in [0.3, 0.4) is 0 Å². The van der Waals surface area contributed by atoms with Crippen LogP contribution in [-0.4, -0.2) is 31.4 Å². The minimum atomic E-state index is -3.68. The quantitative estimate of drug-likeness (QED) is 0.922. The molecule has 0 amide bonds. The van der Waals surface area contributed by atoms with Gasteiger partial charge in [0.15, 0.2) is 0 Å². The zero-order valence-electron chi connectivity index (χ0n) is 12.3. The normalized spacial score (nSPS) is 21.6. The monoisotopic (exact) mass is 336 g/mol. The average molecular weight is 337 g/mol. The third kappa shape index (κ3) is 3.74. The molecule has 1 aromatic carbocycles. The van der Waals surface area contributed by atoms with E-state index in [0.717, 1.165) is 25.3 Å². The molecule has 0 saturated carbocycles. The van der Waals surface area contributed by atoms with Crippen molar-refractivity contribution in [3.63, 3.8) is 0 Å². The first-order chi connectivity index (χ1) is 9.34. The number of halogens is 2. The maximum Gasteiger partial charge on any atom is 0.243 e. The number of hydrogen-bond donors (Lipinski definition) is 1. The molecule has 1 aromatic rings. The number of rotatable bonds is 3. The van der Waals surface area contributed by atoms with Gasteiger partial charge in [0.2, 0.25) is 10.0 Å². The molecule has 21 heavy (non-hydrogen) atoms. The van der Waals surface area contributed by atoms with Crippen molar-refractivity contribution in [1.29, 1.82) is 0 Å². The number of piperidine rings is 1. The molecule has 2 unspecified atom stereocenters. The van der Waals surface area contributed by atoms with Gasteiger partial charge in [-0.3, -0.25) is 0 Å². The van der Waals surface area contributed by atoms with Gasteiger partial charge in [0, 0.05) is 18.6 Å². The fourth-order valence-electron chi connectivity index (χ4n) is 2.62. The molecule has 1 heterocycles. The van der Waals surface area contributed by atoms with Crippen LogP contribution in [0, 0.1) is 12.7 Å².